The lowest BCUT2D eigenvalue weighted by Gasteiger charge is -2.11. The van der Waals surface area contributed by atoms with E-state index < -0.39 is 5.91 Å². The average molecular weight is 408 g/mol. The number of anilines is 1. The molecule has 29 heavy (non-hydrogen) atoms. The van der Waals surface area contributed by atoms with Crippen molar-refractivity contribution in [1.82, 2.24) is 15.1 Å². The van der Waals surface area contributed by atoms with Gasteiger partial charge >= 0.3 is 0 Å². The van der Waals surface area contributed by atoms with E-state index in [-0.39, 0.29) is 5.82 Å². The van der Waals surface area contributed by atoms with Gasteiger partial charge in [0.15, 0.2) is 0 Å². The number of hydrogen-bond acceptors (Lipinski definition) is 6. The van der Waals surface area contributed by atoms with Crippen LogP contribution in [0, 0.1) is 13.8 Å². The number of aryl methyl sites for hydroxylation is 2. The van der Waals surface area contributed by atoms with Gasteiger partial charge in [-0.15, -0.1) is 0 Å². The number of primary amides is 1. The fraction of sp³-hybridized carbons (Fsp3) is 0.143. The van der Waals surface area contributed by atoms with E-state index in [1.54, 1.807) is 0 Å². The minimum absolute atomic E-state index is 0.0452. The highest BCUT2D eigenvalue weighted by Gasteiger charge is 2.16. The Kier molecular flexibility index (Phi) is 4.90. The maximum absolute atomic E-state index is 11.7. The van der Waals surface area contributed by atoms with Gasteiger partial charge in [0.05, 0.1) is 11.2 Å². The number of aromatic nitrogens is 3. The summed E-state index contributed by atoms with van der Waals surface area (Å²) in [6.07, 6.45) is 0. The highest BCUT2D eigenvalue weighted by Crippen LogP contribution is 2.31. The third-order valence-corrected chi connectivity index (χ3v) is 4.82. The molecule has 3 N–H and O–H groups in total. The standard InChI is InChI=1S/C21H18ClN5O2/c1-11-18(12(2)29-27-11)14-6-7-17-16(9-14)20(26-21(25-17)19(23)28)24-10-13-4-3-5-15(22)8-13/h3-9H,10H2,1-2H3,(H2,23,28)(H,24,25,26). The fourth-order valence-corrected chi connectivity index (χ4v) is 3.47. The molecule has 1 amide bonds. The van der Waals surface area contributed by atoms with Crippen LogP contribution >= 0.6 is 11.6 Å². The van der Waals surface area contributed by atoms with Gasteiger partial charge in [-0.05, 0) is 49.2 Å². The predicted molar refractivity (Wildman–Crippen MR) is 112 cm³/mol. The number of carbonyl (C=O) groups excluding carboxylic acids is 1. The monoisotopic (exact) mass is 407 g/mol. The zero-order valence-electron chi connectivity index (χ0n) is 15.9. The van der Waals surface area contributed by atoms with Gasteiger partial charge in [0.1, 0.15) is 11.6 Å². The highest BCUT2D eigenvalue weighted by molar-refractivity contribution is 6.30. The molecule has 0 saturated carbocycles. The van der Waals surface area contributed by atoms with Gasteiger partial charge in [-0.2, -0.15) is 0 Å². The minimum atomic E-state index is -0.687. The van der Waals surface area contributed by atoms with E-state index in [9.17, 15) is 4.79 Å². The summed E-state index contributed by atoms with van der Waals surface area (Å²) < 4.78 is 5.29. The normalized spacial score (nSPS) is 11.0. The second-order valence-corrected chi connectivity index (χ2v) is 7.11. The average Bonchev–Trinajstić information content (AvgIpc) is 3.03. The Hall–Kier alpha value is -3.45. The van der Waals surface area contributed by atoms with Crippen molar-refractivity contribution in [3.05, 3.63) is 70.3 Å². The third kappa shape index (κ3) is 3.77. The molecule has 2 heterocycles. The van der Waals surface area contributed by atoms with E-state index in [4.69, 9.17) is 21.9 Å². The summed E-state index contributed by atoms with van der Waals surface area (Å²) in [5.74, 6) is 0.506. The van der Waals surface area contributed by atoms with E-state index in [2.05, 4.69) is 20.4 Å². The molecule has 4 aromatic rings. The molecule has 0 atom stereocenters. The van der Waals surface area contributed by atoms with Crippen LogP contribution in [0.25, 0.3) is 22.0 Å². The van der Waals surface area contributed by atoms with Crippen molar-refractivity contribution in [2.24, 2.45) is 5.73 Å². The summed E-state index contributed by atoms with van der Waals surface area (Å²) in [5, 5.41) is 8.70. The molecule has 8 heteroatoms. The summed E-state index contributed by atoms with van der Waals surface area (Å²) >= 11 is 6.07. The minimum Gasteiger partial charge on any atom is -0.365 e. The summed E-state index contributed by atoms with van der Waals surface area (Å²) in [6.45, 7) is 4.23. The third-order valence-electron chi connectivity index (χ3n) is 4.59. The number of nitrogens with zero attached hydrogens (tertiary/aromatic N) is 3. The van der Waals surface area contributed by atoms with Crippen molar-refractivity contribution in [2.75, 3.05) is 5.32 Å². The van der Waals surface area contributed by atoms with Gasteiger partial charge < -0.3 is 15.6 Å². The van der Waals surface area contributed by atoms with Crippen LogP contribution in [0.5, 0.6) is 0 Å². The Morgan fingerprint density at radius 3 is 2.69 bits per heavy atom. The molecule has 0 unspecified atom stereocenters. The number of halogens is 1. The Morgan fingerprint density at radius 1 is 1.17 bits per heavy atom. The van der Waals surface area contributed by atoms with E-state index in [0.29, 0.717) is 22.9 Å². The highest BCUT2D eigenvalue weighted by atomic mass is 35.5. The zero-order chi connectivity index (χ0) is 20.5. The van der Waals surface area contributed by atoms with E-state index in [0.717, 1.165) is 33.5 Å². The maximum Gasteiger partial charge on any atom is 0.286 e. The molecule has 2 aromatic heterocycles. The molecule has 0 aliphatic carbocycles. The van der Waals surface area contributed by atoms with Crippen LogP contribution in [0.15, 0.2) is 47.0 Å². The first-order chi connectivity index (χ1) is 13.9. The fourth-order valence-electron chi connectivity index (χ4n) is 3.26. The van der Waals surface area contributed by atoms with Gasteiger partial charge in [0.2, 0.25) is 5.82 Å². The summed E-state index contributed by atoms with van der Waals surface area (Å²) in [6, 6.07) is 13.2. The van der Waals surface area contributed by atoms with Crippen LogP contribution in [0.2, 0.25) is 5.02 Å². The van der Waals surface area contributed by atoms with Crippen molar-refractivity contribution >= 4 is 34.2 Å². The molecular weight excluding hydrogens is 390 g/mol. The van der Waals surface area contributed by atoms with E-state index in [1.807, 2.05) is 56.3 Å². The molecule has 0 radical (unpaired) electrons. The van der Waals surface area contributed by atoms with E-state index in [1.165, 1.54) is 0 Å². The van der Waals surface area contributed by atoms with Crippen molar-refractivity contribution in [3.63, 3.8) is 0 Å². The smallest absolute Gasteiger partial charge is 0.286 e. The van der Waals surface area contributed by atoms with E-state index >= 15 is 0 Å². The number of rotatable bonds is 5. The molecule has 0 bridgehead atoms. The number of amides is 1. The Labute approximate surface area is 171 Å². The lowest BCUT2D eigenvalue weighted by atomic mass is 10.0. The molecule has 0 aliphatic rings. The van der Waals surface area contributed by atoms with Crippen LogP contribution in [-0.4, -0.2) is 21.0 Å². The number of nitrogens with one attached hydrogen (secondary N) is 1. The van der Waals surface area contributed by atoms with Gasteiger partial charge in [-0.3, -0.25) is 4.79 Å². The Bertz CT molecular complexity index is 1220. The van der Waals surface area contributed by atoms with Crippen LogP contribution in [0.4, 0.5) is 5.82 Å². The lowest BCUT2D eigenvalue weighted by Crippen LogP contribution is -2.17. The molecule has 7 nitrogen and oxygen atoms in total. The summed E-state index contributed by atoms with van der Waals surface area (Å²) in [4.78, 5) is 20.3. The van der Waals surface area contributed by atoms with Gasteiger partial charge in [0.25, 0.3) is 5.91 Å². The Balaban J connectivity index is 1.81. The second-order valence-electron chi connectivity index (χ2n) is 6.67. The van der Waals surface area contributed by atoms with Crippen molar-refractivity contribution in [3.8, 4) is 11.1 Å². The van der Waals surface area contributed by atoms with Gasteiger partial charge in [0, 0.05) is 22.5 Å². The number of benzene rings is 2. The van der Waals surface area contributed by atoms with Gasteiger partial charge in [-0.25, -0.2) is 9.97 Å². The molecular formula is C21H18ClN5O2. The van der Waals surface area contributed by atoms with Crippen molar-refractivity contribution in [1.29, 1.82) is 0 Å². The van der Waals surface area contributed by atoms with Crippen LogP contribution in [0.1, 0.15) is 27.6 Å². The zero-order valence-corrected chi connectivity index (χ0v) is 16.6. The maximum atomic E-state index is 11.7. The van der Waals surface area contributed by atoms with Crippen LogP contribution in [0.3, 0.4) is 0 Å². The van der Waals surface area contributed by atoms with Crippen LogP contribution in [-0.2, 0) is 6.54 Å². The first kappa shape index (κ1) is 18.9. The first-order valence-corrected chi connectivity index (χ1v) is 9.33. The van der Waals surface area contributed by atoms with Crippen molar-refractivity contribution < 1.29 is 9.32 Å². The van der Waals surface area contributed by atoms with Crippen molar-refractivity contribution in [2.45, 2.75) is 20.4 Å². The number of carbonyl (C=O) groups is 1. The molecule has 0 spiro atoms. The Morgan fingerprint density at radius 2 is 2.00 bits per heavy atom. The number of hydrogen-bond donors (Lipinski definition) is 2. The molecule has 0 aliphatic heterocycles. The SMILES string of the molecule is Cc1noc(C)c1-c1ccc2nc(C(N)=O)nc(NCc3cccc(Cl)c3)c2c1. The lowest BCUT2D eigenvalue weighted by molar-refractivity contribution is 0.0991. The van der Waals surface area contributed by atoms with Crippen LogP contribution < -0.4 is 11.1 Å². The molecule has 4 rings (SSSR count). The number of fused-ring (bicyclic) bond motifs is 1. The second kappa shape index (κ2) is 7.52. The molecule has 146 valence electrons. The summed E-state index contributed by atoms with van der Waals surface area (Å²) in [5.41, 5.74) is 9.65. The molecule has 0 saturated heterocycles. The largest absolute Gasteiger partial charge is 0.365 e. The number of nitrogens with two attached hydrogens (primary N) is 1. The topological polar surface area (TPSA) is 107 Å². The molecule has 2 aromatic carbocycles. The first-order valence-electron chi connectivity index (χ1n) is 8.95. The quantitative estimate of drug-likeness (QED) is 0.511. The molecule has 0 fully saturated rings. The predicted octanol–water partition coefficient (Wildman–Crippen LogP) is 4.27. The van der Waals surface area contributed by atoms with Gasteiger partial charge in [-0.1, -0.05) is 35.0 Å². The summed E-state index contributed by atoms with van der Waals surface area (Å²) in [7, 11) is 0.